The van der Waals surface area contributed by atoms with Gasteiger partial charge in [0.2, 0.25) is 0 Å². The summed E-state index contributed by atoms with van der Waals surface area (Å²) in [4.78, 5) is 15.0. The van der Waals surface area contributed by atoms with Crippen LogP contribution in [0.5, 0.6) is 0 Å². The highest BCUT2D eigenvalue weighted by atomic mass is 19.1. The molecule has 144 valence electrons. The summed E-state index contributed by atoms with van der Waals surface area (Å²) in [5.74, 6) is -0.497. The van der Waals surface area contributed by atoms with Crippen molar-refractivity contribution in [3.05, 3.63) is 76.9 Å². The first-order chi connectivity index (χ1) is 13.5. The molecule has 0 radical (unpaired) electrons. The van der Waals surface area contributed by atoms with Crippen LogP contribution in [-0.2, 0) is 0 Å². The molecule has 1 saturated heterocycles. The van der Waals surface area contributed by atoms with E-state index >= 15 is 0 Å². The van der Waals surface area contributed by atoms with Gasteiger partial charge in [-0.25, -0.2) is 9.07 Å². The lowest BCUT2D eigenvalue weighted by molar-refractivity contribution is 0.0627. The maximum atomic E-state index is 13.7. The van der Waals surface area contributed by atoms with E-state index in [0.29, 0.717) is 31.0 Å². The van der Waals surface area contributed by atoms with Crippen molar-refractivity contribution in [1.82, 2.24) is 25.2 Å². The number of aromatic nitrogens is 3. The van der Waals surface area contributed by atoms with E-state index in [9.17, 15) is 9.18 Å². The van der Waals surface area contributed by atoms with Crippen molar-refractivity contribution in [3.63, 3.8) is 0 Å². The van der Waals surface area contributed by atoms with Crippen LogP contribution in [0.3, 0.4) is 0 Å². The second kappa shape index (κ2) is 7.52. The van der Waals surface area contributed by atoms with Gasteiger partial charge in [0.15, 0.2) is 5.69 Å². The monoisotopic (exact) mass is 379 g/mol. The van der Waals surface area contributed by atoms with Crippen molar-refractivity contribution in [2.75, 3.05) is 19.6 Å². The van der Waals surface area contributed by atoms with Gasteiger partial charge in [0.1, 0.15) is 5.82 Å². The van der Waals surface area contributed by atoms with E-state index in [1.165, 1.54) is 12.1 Å². The Kier molecular flexibility index (Phi) is 4.92. The van der Waals surface area contributed by atoms with Crippen LogP contribution in [0.25, 0.3) is 5.69 Å². The molecule has 0 saturated carbocycles. The van der Waals surface area contributed by atoms with Gasteiger partial charge >= 0.3 is 0 Å². The number of benzene rings is 2. The lowest BCUT2D eigenvalue weighted by Gasteiger charge is -2.36. The van der Waals surface area contributed by atoms with E-state index in [-0.39, 0.29) is 17.8 Å². The molecule has 1 aliphatic rings. The topological polar surface area (TPSA) is 63.1 Å². The van der Waals surface area contributed by atoms with Gasteiger partial charge in [-0.15, -0.1) is 5.10 Å². The summed E-state index contributed by atoms with van der Waals surface area (Å²) in [7, 11) is 0. The van der Waals surface area contributed by atoms with Crippen LogP contribution in [0, 0.1) is 19.7 Å². The van der Waals surface area contributed by atoms with Crippen molar-refractivity contribution in [2.45, 2.75) is 19.9 Å². The number of rotatable bonds is 3. The first-order valence-electron chi connectivity index (χ1n) is 9.31. The largest absolute Gasteiger partial charge is 0.328 e. The minimum absolute atomic E-state index is 0.188. The Morgan fingerprint density at radius 3 is 2.71 bits per heavy atom. The number of nitrogens with zero attached hydrogens (tertiary/aromatic N) is 4. The van der Waals surface area contributed by atoms with Gasteiger partial charge in [0, 0.05) is 19.6 Å². The smallest absolute Gasteiger partial charge is 0.276 e. The highest BCUT2D eigenvalue weighted by Gasteiger charge is 2.31. The van der Waals surface area contributed by atoms with E-state index in [4.69, 9.17) is 0 Å². The van der Waals surface area contributed by atoms with Crippen LogP contribution in [0.15, 0.2) is 48.5 Å². The predicted molar refractivity (Wildman–Crippen MR) is 104 cm³/mol. The Morgan fingerprint density at radius 2 is 1.96 bits per heavy atom. The summed E-state index contributed by atoms with van der Waals surface area (Å²) in [6, 6.07) is 14.0. The molecule has 2 heterocycles. The number of halogens is 1. The van der Waals surface area contributed by atoms with Crippen LogP contribution in [0.4, 0.5) is 4.39 Å². The second-order valence-corrected chi connectivity index (χ2v) is 7.04. The fourth-order valence-corrected chi connectivity index (χ4v) is 3.55. The summed E-state index contributed by atoms with van der Waals surface area (Å²) in [5.41, 5.74) is 3.78. The molecule has 1 atom stereocenters. The number of aryl methyl sites for hydroxylation is 1. The van der Waals surface area contributed by atoms with Crippen molar-refractivity contribution in [3.8, 4) is 5.69 Å². The molecule has 1 aromatic heterocycles. The summed E-state index contributed by atoms with van der Waals surface area (Å²) in [6.07, 6.45) is 0. The normalized spacial score (nSPS) is 17.0. The average Bonchev–Trinajstić information content (AvgIpc) is 3.09. The van der Waals surface area contributed by atoms with Gasteiger partial charge in [0.25, 0.3) is 5.91 Å². The van der Waals surface area contributed by atoms with Crippen LogP contribution in [0.2, 0.25) is 0 Å². The van der Waals surface area contributed by atoms with E-state index in [2.05, 4.69) is 15.6 Å². The molecule has 6 nitrogen and oxygen atoms in total. The van der Waals surface area contributed by atoms with Gasteiger partial charge in [0.05, 0.1) is 17.4 Å². The average molecular weight is 379 g/mol. The van der Waals surface area contributed by atoms with E-state index in [1.54, 1.807) is 15.6 Å². The summed E-state index contributed by atoms with van der Waals surface area (Å²) in [5, 5.41) is 11.6. The highest BCUT2D eigenvalue weighted by molar-refractivity contribution is 5.93. The molecule has 1 fully saturated rings. The molecular formula is C21H22FN5O. The SMILES string of the molecule is Cc1ccc(-n2nnc(C(=O)N3CCNCC3c3cccc(F)c3)c2C)cc1. The molecule has 2 aromatic carbocycles. The molecule has 0 bridgehead atoms. The first-order valence-corrected chi connectivity index (χ1v) is 9.31. The standard InChI is InChI=1S/C21H22FN5O/c1-14-6-8-18(9-7-14)27-15(2)20(24-25-27)21(28)26-11-10-23-13-19(26)16-4-3-5-17(22)12-16/h3-9,12,19,23H,10-11,13H2,1-2H3. The lowest BCUT2D eigenvalue weighted by atomic mass is 10.0. The van der Waals surface area contributed by atoms with Crippen LogP contribution >= 0.6 is 0 Å². The van der Waals surface area contributed by atoms with Crippen LogP contribution in [-0.4, -0.2) is 45.4 Å². The number of hydrogen-bond donors (Lipinski definition) is 1. The van der Waals surface area contributed by atoms with Crippen molar-refractivity contribution >= 4 is 5.91 Å². The van der Waals surface area contributed by atoms with Gasteiger partial charge < -0.3 is 10.2 Å². The zero-order valence-corrected chi connectivity index (χ0v) is 15.9. The molecule has 28 heavy (non-hydrogen) atoms. The number of nitrogens with one attached hydrogen (secondary N) is 1. The fourth-order valence-electron chi connectivity index (χ4n) is 3.55. The molecule has 0 spiro atoms. The maximum Gasteiger partial charge on any atom is 0.276 e. The molecule has 4 rings (SSSR count). The summed E-state index contributed by atoms with van der Waals surface area (Å²) in [6.45, 7) is 5.64. The summed E-state index contributed by atoms with van der Waals surface area (Å²) >= 11 is 0. The highest BCUT2D eigenvalue weighted by Crippen LogP contribution is 2.25. The zero-order valence-electron chi connectivity index (χ0n) is 15.9. The second-order valence-electron chi connectivity index (χ2n) is 7.04. The van der Waals surface area contributed by atoms with E-state index in [1.807, 2.05) is 44.2 Å². The van der Waals surface area contributed by atoms with Gasteiger partial charge in [-0.3, -0.25) is 4.79 Å². The predicted octanol–water partition coefficient (Wildman–Crippen LogP) is 2.81. The quantitative estimate of drug-likeness (QED) is 0.760. The molecule has 1 N–H and O–H groups in total. The van der Waals surface area contributed by atoms with E-state index in [0.717, 1.165) is 16.8 Å². The molecule has 1 aliphatic heterocycles. The number of carbonyl (C=O) groups excluding carboxylic acids is 1. The maximum absolute atomic E-state index is 13.7. The van der Waals surface area contributed by atoms with Gasteiger partial charge in [-0.2, -0.15) is 0 Å². The van der Waals surface area contributed by atoms with Crippen LogP contribution in [0.1, 0.15) is 33.4 Å². The number of carbonyl (C=O) groups is 1. The minimum atomic E-state index is -0.308. The molecule has 1 unspecified atom stereocenters. The molecule has 0 aliphatic carbocycles. The fraction of sp³-hybridized carbons (Fsp3) is 0.286. The Bertz CT molecular complexity index is 998. The van der Waals surface area contributed by atoms with Crippen molar-refractivity contribution in [1.29, 1.82) is 0 Å². The molecule has 7 heteroatoms. The third-order valence-electron chi connectivity index (χ3n) is 5.11. The summed E-state index contributed by atoms with van der Waals surface area (Å²) < 4.78 is 15.4. The molecule has 1 amide bonds. The molecule has 3 aromatic rings. The minimum Gasteiger partial charge on any atom is -0.328 e. The van der Waals surface area contributed by atoms with E-state index < -0.39 is 0 Å². The Morgan fingerprint density at radius 1 is 1.18 bits per heavy atom. The Hall–Kier alpha value is -3.06. The van der Waals surface area contributed by atoms with Gasteiger partial charge in [-0.1, -0.05) is 35.0 Å². The number of hydrogen-bond acceptors (Lipinski definition) is 4. The molecular weight excluding hydrogens is 357 g/mol. The number of piperazine rings is 1. The van der Waals surface area contributed by atoms with Crippen LogP contribution < -0.4 is 5.32 Å². The Balaban J connectivity index is 1.65. The van der Waals surface area contributed by atoms with Crippen molar-refractivity contribution < 1.29 is 9.18 Å². The lowest BCUT2D eigenvalue weighted by Crippen LogP contribution is -2.49. The Labute approximate surface area is 163 Å². The number of amides is 1. The van der Waals surface area contributed by atoms with Crippen molar-refractivity contribution in [2.24, 2.45) is 0 Å². The third kappa shape index (κ3) is 3.41. The first kappa shape index (κ1) is 18.3. The zero-order chi connectivity index (χ0) is 19.7. The third-order valence-corrected chi connectivity index (χ3v) is 5.11. The van der Waals surface area contributed by atoms with Gasteiger partial charge in [-0.05, 0) is 43.7 Å².